The molecule has 7 heteroatoms. The molecule has 0 radical (unpaired) electrons. The zero-order valence-electron chi connectivity index (χ0n) is 13.3. The SMILES string of the molecule is CC(Sc1ccc([N+](=O)[O-])cc1)C(=O)N(Cc1ccco1)C1CC1. The Labute approximate surface area is 144 Å². The fraction of sp³-hybridized carbons (Fsp3) is 0.353. The van der Waals surface area contributed by atoms with Crippen molar-refractivity contribution >= 4 is 23.4 Å². The van der Waals surface area contributed by atoms with Crippen LogP contribution in [0.2, 0.25) is 0 Å². The maximum Gasteiger partial charge on any atom is 0.269 e. The standard InChI is InChI=1S/C17H18N2O4S/c1-12(24-16-8-6-14(7-9-16)19(21)22)17(20)18(13-4-5-13)11-15-3-2-10-23-15/h2-3,6-10,12-13H,4-5,11H2,1H3. The van der Waals surface area contributed by atoms with Crippen LogP contribution < -0.4 is 0 Å². The van der Waals surface area contributed by atoms with Gasteiger partial charge in [-0.25, -0.2) is 0 Å². The summed E-state index contributed by atoms with van der Waals surface area (Å²) in [5.74, 6) is 0.847. The van der Waals surface area contributed by atoms with E-state index in [0.717, 1.165) is 23.5 Å². The van der Waals surface area contributed by atoms with E-state index in [4.69, 9.17) is 4.42 Å². The first-order chi connectivity index (χ1) is 11.5. The molecule has 1 heterocycles. The van der Waals surface area contributed by atoms with Crippen LogP contribution in [-0.4, -0.2) is 27.0 Å². The topological polar surface area (TPSA) is 76.6 Å². The van der Waals surface area contributed by atoms with Gasteiger partial charge in [0, 0.05) is 23.1 Å². The predicted molar refractivity (Wildman–Crippen MR) is 90.7 cm³/mol. The Hall–Kier alpha value is -2.28. The highest BCUT2D eigenvalue weighted by Crippen LogP contribution is 2.32. The van der Waals surface area contributed by atoms with E-state index in [1.54, 1.807) is 18.4 Å². The van der Waals surface area contributed by atoms with E-state index < -0.39 is 4.92 Å². The number of nitro groups is 1. The Bertz CT molecular complexity index is 711. The average molecular weight is 346 g/mol. The number of rotatable bonds is 7. The predicted octanol–water partition coefficient (Wildman–Crippen LogP) is 3.86. The number of hydrogen-bond acceptors (Lipinski definition) is 5. The maximum atomic E-state index is 12.8. The molecule has 1 fully saturated rings. The number of nitrogens with zero attached hydrogens (tertiary/aromatic N) is 2. The van der Waals surface area contributed by atoms with Crippen LogP contribution >= 0.6 is 11.8 Å². The molecule has 1 saturated carbocycles. The zero-order valence-corrected chi connectivity index (χ0v) is 14.1. The Kier molecular flexibility index (Phi) is 4.89. The highest BCUT2D eigenvalue weighted by molar-refractivity contribution is 8.00. The molecule has 0 saturated heterocycles. The fourth-order valence-electron chi connectivity index (χ4n) is 2.48. The summed E-state index contributed by atoms with van der Waals surface area (Å²) in [6.07, 6.45) is 3.67. The molecule has 1 unspecified atom stereocenters. The van der Waals surface area contributed by atoms with E-state index in [1.165, 1.54) is 23.9 Å². The van der Waals surface area contributed by atoms with Crippen LogP contribution in [0.3, 0.4) is 0 Å². The van der Waals surface area contributed by atoms with Crippen molar-refractivity contribution in [3.05, 3.63) is 58.5 Å². The number of hydrogen-bond donors (Lipinski definition) is 0. The van der Waals surface area contributed by atoms with E-state index in [0.29, 0.717) is 12.6 Å². The number of carbonyl (C=O) groups excluding carboxylic acids is 1. The zero-order chi connectivity index (χ0) is 17.1. The summed E-state index contributed by atoms with van der Waals surface area (Å²) >= 11 is 1.41. The van der Waals surface area contributed by atoms with Gasteiger partial charge < -0.3 is 9.32 Å². The fourth-order valence-corrected chi connectivity index (χ4v) is 3.42. The molecule has 1 aliphatic carbocycles. The molecule has 1 amide bonds. The van der Waals surface area contributed by atoms with Crippen LogP contribution in [0, 0.1) is 10.1 Å². The van der Waals surface area contributed by atoms with Crippen LogP contribution in [0.15, 0.2) is 52.0 Å². The maximum absolute atomic E-state index is 12.8. The summed E-state index contributed by atoms with van der Waals surface area (Å²) in [7, 11) is 0. The van der Waals surface area contributed by atoms with E-state index >= 15 is 0 Å². The van der Waals surface area contributed by atoms with Crippen molar-refractivity contribution in [3.8, 4) is 0 Å². The van der Waals surface area contributed by atoms with Crippen LogP contribution in [0.1, 0.15) is 25.5 Å². The van der Waals surface area contributed by atoms with Gasteiger partial charge in [-0.3, -0.25) is 14.9 Å². The lowest BCUT2D eigenvalue weighted by Crippen LogP contribution is -2.37. The molecule has 24 heavy (non-hydrogen) atoms. The first-order valence-electron chi connectivity index (χ1n) is 7.78. The third-order valence-electron chi connectivity index (χ3n) is 3.89. The summed E-state index contributed by atoms with van der Waals surface area (Å²) < 4.78 is 5.36. The van der Waals surface area contributed by atoms with Crippen LogP contribution in [0.25, 0.3) is 0 Å². The second kappa shape index (κ2) is 7.09. The highest BCUT2D eigenvalue weighted by Gasteiger charge is 2.35. The number of benzene rings is 1. The second-order valence-corrected chi connectivity index (χ2v) is 7.20. The molecule has 2 aromatic rings. The minimum absolute atomic E-state index is 0.0516. The Morgan fingerprint density at radius 2 is 2.08 bits per heavy atom. The molecule has 1 aromatic heterocycles. The minimum atomic E-state index is -0.429. The number of amides is 1. The number of nitro benzene ring substituents is 1. The molecular weight excluding hydrogens is 328 g/mol. The van der Waals surface area contributed by atoms with Crippen molar-refractivity contribution in [1.82, 2.24) is 4.90 Å². The third-order valence-corrected chi connectivity index (χ3v) is 4.98. The molecule has 1 atom stereocenters. The van der Waals surface area contributed by atoms with Gasteiger partial charge in [0.1, 0.15) is 5.76 Å². The van der Waals surface area contributed by atoms with Gasteiger partial charge in [0.25, 0.3) is 5.69 Å². The van der Waals surface area contributed by atoms with Crippen LogP contribution in [0.4, 0.5) is 5.69 Å². The van der Waals surface area contributed by atoms with Crippen molar-refractivity contribution in [2.24, 2.45) is 0 Å². The van der Waals surface area contributed by atoms with Crippen molar-refractivity contribution in [1.29, 1.82) is 0 Å². The van der Waals surface area contributed by atoms with Gasteiger partial charge >= 0.3 is 0 Å². The molecular formula is C17H18N2O4S. The van der Waals surface area contributed by atoms with Gasteiger partial charge in [-0.05, 0) is 44.0 Å². The summed E-state index contributed by atoms with van der Waals surface area (Å²) in [6, 6.07) is 10.3. The molecule has 0 aliphatic heterocycles. The largest absolute Gasteiger partial charge is 0.467 e. The normalized spacial score (nSPS) is 15.0. The lowest BCUT2D eigenvalue weighted by Gasteiger charge is -2.24. The third kappa shape index (κ3) is 3.97. The first kappa shape index (κ1) is 16.6. The molecule has 1 aliphatic rings. The molecule has 6 nitrogen and oxygen atoms in total. The van der Waals surface area contributed by atoms with Gasteiger partial charge in [0.05, 0.1) is 23.0 Å². The van der Waals surface area contributed by atoms with Gasteiger partial charge in [-0.15, -0.1) is 11.8 Å². The second-order valence-electron chi connectivity index (χ2n) is 5.79. The van der Waals surface area contributed by atoms with Gasteiger partial charge in [0.15, 0.2) is 0 Å². The van der Waals surface area contributed by atoms with Crippen molar-refractivity contribution < 1.29 is 14.1 Å². The molecule has 3 rings (SSSR count). The summed E-state index contributed by atoms with van der Waals surface area (Å²) in [6.45, 7) is 2.35. The molecule has 126 valence electrons. The quantitative estimate of drug-likeness (QED) is 0.432. The van der Waals surface area contributed by atoms with Crippen LogP contribution in [-0.2, 0) is 11.3 Å². The molecule has 0 bridgehead atoms. The number of furan rings is 1. The van der Waals surface area contributed by atoms with E-state index in [1.807, 2.05) is 24.0 Å². The average Bonchev–Trinajstić information content (AvgIpc) is 3.28. The van der Waals surface area contributed by atoms with Crippen molar-refractivity contribution in [3.63, 3.8) is 0 Å². The number of non-ortho nitro benzene ring substituents is 1. The van der Waals surface area contributed by atoms with Gasteiger partial charge in [0.2, 0.25) is 5.91 Å². The van der Waals surface area contributed by atoms with E-state index in [2.05, 4.69) is 0 Å². The van der Waals surface area contributed by atoms with Gasteiger partial charge in [-0.2, -0.15) is 0 Å². The number of carbonyl (C=O) groups is 1. The minimum Gasteiger partial charge on any atom is -0.467 e. The Balaban J connectivity index is 1.64. The van der Waals surface area contributed by atoms with E-state index in [9.17, 15) is 14.9 Å². The Morgan fingerprint density at radius 1 is 1.38 bits per heavy atom. The molecule has 0 spiro atoms. The summed E-state index contributed by atoms with van der Waals surface area (Å²) in [5, 5.41) is 10.4. The lowest BCUT2D eigenvalue weighted by atomic mass is 10.3. The number of thioether (sulfide) groups is 1. The summed E-state index contributed by atoms with van der Waals surface area (Å²) in [5.41, 5.74) is 0.0516. The van der Waals surface area contributed by atoms with Crippen molar-refractivity contribution in [2.45, 2.75) is 42.5 Å². The Morgan fingerprint density at radius 3 is 2.62 bits per heavy atom. The first-order valence-corrected chi connectivity index (χ1v) is 8.66. The molecule has 0 N–H and O–H groups in total. The monoisotopic (exact) mass is 346 g/mol. The highest BCUT2D eigenvalue weighted by atomic mass is 32.2. The smallest absolute Gasteiger partial charge is 0.269 e. The lowest BCUT2D eigenvalue weighted by molar-refractivity contribution is -0.384. The van der Waals surface area contributed by atoms with Crippen molar-refractivity contribution in [2.75, 3.05) is 0 Å². The van der Waals surface area contributed by atoms with Gasteiger partial charge in [-0.1, -0.05) is 0 Å². The summed E-state index contributed by atoms with van der Waals surface area (Å²) in [4.78, 5) is 25.8. The van der Waals surface area contributed by atoms with E-state index in [-0.39, 0.29) is 16.8 Å². The van der Waals surface area contributed by atoms with Crippen LogP contribution in [0.5, 0.6) is 0 Å². The molecule has 1 aromatic carbocycles.